The first kappa shape index (κ1) is 15.1. The van der Waals surface area contributed by atoms with E-state index in [-0.39, 0.29) is 4.90 Å². The van der Waals surface area contributed by atoms with Gasteiger partial charge in [0.05, 0.1) is 12.8 Å². The maximum Gasteiger partial charge on any atom is 0.240 e. The third-order valence-corrected chi connectivity index (χ3v) is 3.75. The quantitative estimate of drug-likeness (QED) is 0.707. The van der Waals surface area contributed by atoms with Crippen molar-refractivity contribution in [3.05, 3.63) is 42.1 Å². The van der Waals surface area contributed by atoms with Gasteiger partial charge in [-0.1, -0.05) is 0 Å². The summed E-state index contributed by atoms with van der Waals surface area (Å²) < 4.78 is 28.2. The number of nitrogens with two attached hydrogens (primary N) is 2. The maximum atomic E-state index is 11.6. The molecule has 8 heteroatoms. The number of pyridine rings is 1. The summed E-state index contributed by atoms with van der Waals surface area (Å²) in [5.41, 5.74) is 7.20. The minimum absolute atomic E-state index is 0.0384. The number of methoxy groups -OCH3 is 1. The lowest BCUT2D eigenvalue weighted by molar-refractivity contribution is 0.397. The van der Waals surface area contributed by atoms with Gasteiger partial charge in [0.2, 0.25) is 15.9 Å². The minimum atomic E-state index is -3.85. The van der Waals surface area contributed by atoms with Gasteiger partial charge in [-0.3, -0.25) is 0 Å². The Balaban J connectivity index is 2.24. The molecule has 0 unspecified atom stereocenters. The number of benzene rings is 1. The van der Waals surface area contributed by atoms with E-state index in [0.717, 1.165) is 5.56 Å². The summed E-state index contributed by atoms with van der Waals surface area (Å²) in [4.78, 5) is 3.96. The lowest BCUT2D eigenvalue weighted by Crippen LogP contribution is -2.15. The van der Waals surface area contributed by atoms with Gasteiger partial charge in [-0.2, -0.15) is 0 Å². The summed E-state index contributed by atoms with van der Waals surface area (Å²) in [5, 5.41) is 8.20. The summed E-state index contributed by atoms with van der Waals surface area (Å²) in [6.45, 7) is 0.394. The van der Waals surface area contributed by atoms with Crippen LogP contribution in [0.15, 0.2) is 41.4 Å². The number of nitrogens with one attached hydrogen (secondary N) is 1. The Morgan fingerprint density at radius 3 is 2.71 bits per heavy atom. The number of nitrogens with zero attached hydrogens (tertiary/aromatic N) is 1. The average molecular weight is 308 g/mol. The summed E-state index contributed by atoms with van der Waals surface area (Å²) in [6.07, 6.45) is 1.61. The van der Waals surface area contributed by atoms with E-state index < -0.39 is 10.0 Å². The van der Waals surface area contributed by atoms with Crippen molar-refractivity contribution in [2.45, 2.75) is 11.4 Å². The maximum absolute atomic E-state index is 11.6. The number of aromatic nitrogens is 1. The molecule has 0 saturated carbocycles. The standard InChI is InChI=1S/C13H16N4O3S/c1-20-13-6-9(4-5-16-13)8-17-11-3-2-10(14)7-12(11)21(15,18)19/h2-7,17H,8,14H2,1H3,(H2,15,18,19). The van der Waals surface area contributed by atoms with E-state index in [1.165, 1.54) is 13.2 Å². The molecule has 2 rings (SSSR count). The van der Waals surface area contributed by atoms with Gasteiger partial charge >= 0.3 is 0 Å². The number of hydrogen-bond acceptors (Lipinski definition) is 6. The molecule has 2 aromatic rings. The van der Waals surface area contributed by atoms with E-state index in [1.54, 1.807) is 30.5 Å². The molecule has 0 fully saturated rings. The van der Waals surface area contributed by atoms with E-state index in [0.29, 0.717) is 23.8 Å². The molecule has 0 aliphatic carbocycles. The van der Waals surface area contributed by atoms with Crippen molar-refractivity contribution in [2.75, 3.05) is 18.2 Å². The third kappa shape index (κ3) is 3.83. The second-order valence-electron chi connectivity index (χ2n) is 4.36. The van der Waals surface area contributed by atoms with Crippen molar-refractivity contribution < 1.29 is 13.2 Å². The van der Waals surface area contributed by atoms with Crippen molar-refractivity contribution >= 4 is 21.4 Å². The van der Waals surface area contributed by atoms with E-state index in [2.05, 4.69) is 10.3 Å². The van der Waals surface area contributed by atoms with Gasteiger partial charge in [-0.25, -0.2) is 18.5 Å². The topological polar surface area (TPSA) is 120 Å². The highest BCUT2D eigenvalue weighted by Crippen LogP contribution is 2.23. The first-order valence-electron chi connectivity index (χ1n) is 6.05. The highest BCUT2D eigenvalue weighted by Gasteiger charge is 2.14. The molecule has 0 saturated heterocycles. The van der Waals surface area contributed by atoms with Crippen LogP contribution in [-0.4, -0.2) is 20.5 Å². The van der Waals surface area contributed by atoms with Crippen molar-refractivity contribution in [3.63, 3.8) is 0 Å². The van der Waals surface area contributed by atoms with Crippen LogP contribution in [0, 0.1) is 0 Å². The Labute approximate surface area is 123 Å². The lowest BCUT2D eigenvalue weighted by atomic mass is 10.2. The number of hydrogen-bond donors (Lipinski definition) is 3. The monoisotopic (exact) mass is 308 g/mol. The largest absolute Gasteiger partial charge is 0.481 e. The molecule has 0 aliphatic rings. The van der Waals surface area contributed by atoms with E-state index >= 15 is 0 Å². The first-order chi connectivity index (χ1) is 9.90. The fourth-order valence-electron chi connectivity index (χ4n) is 1.79. The molecule has 0 atom stereocenters. The normalized spacial score (nSPS) is 11.1. The molecule has 1 aromatic heterocycles. The number of sulfonamides is 1. The van der Waals surface area contributed by atoms with Crippen molar-refractivity contribution in [1.82, 2.24) is 4.98 Å². The first-order valence-corrected chi connectivity index (χ1v) is 7.60. The number of ether oxygens (including phenoxy) is 1. The van der Waals surface area contributed by atoms with Gasteiger partial charge in [0.25, 0.3) is 0 Å². The van der Waals surface area contributed by atoms with Crippen LogP contribution in [0.4, 0.5) is 11.4 Å². The van der Waals surface area contributed by atoms with E-state index in [9.17, 15) is 8.42 Å². The second-order valence-corrected chi connectivity index (χ2v) is 5.89. The molecule has 1 aromatic carbocycles. The third-order valence-electron chi connectivity index (χ3n) is 2.80. The van der Waals surface area contributed by atoms with Gasteiger partial charge in [0.15, 0.2) is 0 Å². The van der Waals surface area contributed by atoms with Gasteiger partial charge in [0, 0.05) is 24.5 Å². The zero-order valence-corrected chi connectivity index (χ0v) is 12.2. The van der Waals surface area contributed by atoms with Crippen molar-refractivity contribution in [2.24, 2.45) is 5.14 Å². The molecule has 0 radical (unpaired) electrons. The number of nitrogen functional groups attached to an aromatic ring is 1. The Morgan fingerprint density at radius 1 is 1.29 bits per heavy atom. The minimum Gasteiger partial charge on any atom is -0.481 e. The average Bonchev–Trinajstić information content (AvgIpc) is 2.45. The van der Waals surface area contributed by atoms with Crippen molar-refractivity contribution in [3.8, 4) is 5.88 Å². The summed E-state index contributed by atoms with van der Waals surface area (Å²) in [7, 11) is -2.33. The Bertz CT molecular complexity index is 747. The zero-order chi connectivity index (χ0) is 15.5. The SMILES string of the molecule is COc1cc(CNc2ccc(N)cc2S(N)(=O)=O)ccn1. The molecular weight excluding hydrogens is 292 g/mol. The summed E-state index contributed by atoms with van der Waals surface area (Å²) >= 11 is 0. The smallest absolute Gasteiger partial charge is 0.240 e. The number of rotatable bonds is 5. The van der Waals surface area contributed by atoms with Crippen LogP contribution in [0.2, 0.25) is 0 Å². The molecule has 7 nitrogen and oxygen atoms in total. The highest BCUT2D eigenvalue weighted by atomic mass is 32.2. The second kappa shape index (κ2) is 5.98. The Hall–Kier alpha value is -2.32. The fourth-order valence-corrected chi connectivity index (χ4v) is 2.54. The van der Waals surface area contributed by atoms with Crippen molar-refractivity contribution in [1.29, 1.82) is 0 Å². The van der Waals surface area contributed by atoms with Gasteiger partial charge < -0.3 is 15.8 Å². The molecule has 112 valence electrons. The van der Waals surface area contributed by atoms with Crippen LogP contribution in [0.3, 0.4) is 0 Å². The van der Waals surface area contributed by atoms with Crippen LogP contribution in [0.5, 0.6) is 5.88 Å². The molecule has 0 aliphatic heterocycles. The molecule has 0 spiro atoms. The van der Waals surface area contributed by atoms with E-state index in [4.69, 9.17) is 15.6 Å². The predicted octanol–water partition coefficient (Wildman–Crippen LogP) is 0.932. The Kier molecular flexibility index (Phi) is 4.29. The number of anilines is 2. The van der Waals surface area contributed by atoms with E-state index in [1.807, 2.05) is 0 Å². The summed E-state index contributed by atoms with van der Waals surface area (Å²) in [6, 6.07) is 8.05. The zero-order valence-electron chi connectivity index (χ0n) is 11.4. The molecular formula is C13H16N4O3S. The van der Waals surface area contributed by atoms with Gasteiger partial charge in [-0.15, -0.1) is 0 Å². The van der Waals surface area contributed by atoms with Crippen LogP contribution < -0.4 is 20.9 Å². The highest BCUT2D eigenvalue weighted by molar-refractivity contribution is 7.89. The van der Waals surface area contributed by atoms with Crippen LogP contribution in [0.1, 0.15) is 5.56 Å². The predicted molar refractivity (Wildman–Crippen MR) is 80.3 cm³/mol. The van der Waals surface area contributed by atoms with Crippen LogP contribution in [-0.2, 0) is 16.6 Å². The van der Waals surface area contributed by atoms with Gasteiger partial charge in [-0.05, 0) is 29.8 Å². The molecule has 21 heavy (non-hydrogen) atoms. The Morgan fingerprint density at radius 2 is 2.05 bits per heavy atom. The van der Waals surface area contributed by atoms with Crippen LogP contribution in [0.25, 0.3) is 0 Å². The van der Waals surface area contributed by atoms with Gasteiger partial charge in [0.1, 0.15) is 4.90 Å². The van der Waals surface area contributed by atoms with Crippen LogP contribution >= 0.6 is 0 Å². The fraction of sp³-hybridized carbons (Fsp3) is 0.154. The molecule has 0 amide bonds. The molecule has 5 N–H and O–H groups in total. The molecule has 0 bridgehead atoms. The molecule has 1 heterocycles. The number of primary sulfonamides is 1. The summed E-state index contributed by atoms with van der Waals surface area (Å²) in [5.74, 6) is 0.485. The lowest BCUT2D eigenvalue weighted by Gasteiger charge is -2.12.